The molecule has 0 saturated carbocycles. The Morgan fingerprint density at radius 3 is 2.57 bits per heavy atom. The van der Waals surface area contributed by atoms with E-state index in [0.717, 1.165) is 31.7 Å². The molecular weight excluding hydrogens is 336 g/mol. The van der Waals surface area contributed by atoms with Crippen LogP contribution in [0.1, 0.15) is 24.6 Å². The molecule has 1 aromatic carbocycles. The molecule has 0 bridgehead atoms. The highest BCUT2D eigenvalue weighted by molar-refractivity contribution is 7.89. The standard InChI is InChI=1S/C16H19ClN2O3S/c17-13-6-1-2-8-16(13)23(20,21)18-12-14(15-7-5-11-22-15)19-9-3-4-10-19/h1-2,5-8,11,14,18H,3-4,9-10,12H2. The van der Waals surface area contributed by atoms with E-state index in [1.54, 1.807) is 24.5 Å². The van der Waals surface area contributed by atoms with Crippen LogP contribution in [0.3, 0.4) is 0 Å². The van der Waals surface area contributed by atoms with Gasteiger partial charge in [0.05, 0.1) is 17.3 Å². The van der Waals surface area contributed by atoms with Gasteiger partial charge in [-0.2, -0.15) is 0 Å². The van der Waals surface area contributed by atoms with Crippen LogP contribution in [-0.2, 0) is 10.0 Å². The summed E-state index contributed by atoms with van der Waals surface area (Å²) in [5, 5.41) is 0.218. The van der Waals surface area contributed by atoms with Crippen molar-refractivity contribution in [2.75, 3.05) is 19.6 Å². The lowest BCUT2D eigenvalue weighted by molar-refractivity contribution is 0.216. The first-order chi connectivity index (χ1) is 11.1. The molecule has 1 aliphatic heterocycles. The number of hydrogen-bond donors (Lipinski definition) is 1. The highest BCUT2D eigenvalue weighted by atomic mass is 35.5. The van der Waals surface area contributed by atoms with Crippen LogP contribution in [0.15, 0.2) is 52.0 Å². The molecule has 124 valence electrons. The fourth-order valence-corrected chi connectivity index (χ4v) is 4.43. The van der Waals surface area contributed by atoms with Crippen molar-refractivity contribution in [3.63, 3.8) is 0 Å². The molecule has 23 heavy (non-hydrogen) atoms. The molecule has 0 radical (unpaired) electrons. The Morgan fingerprint density at radius 1 is 1.17 bits per heavy atom. The minimum atomic E-state index is -3.66. The van der Waals surface area contributed by atoms with Gasteiger partial charge in [0, 0.05) is 6.54 Å². The van der Waals surface area contributed by atoms with E-state index in [-0.39, 0.29) is 22.5 Å². The Kier molecular flexibility index (Phi) is 5.06. The van der Waals surface area contributed by atoms with Crippen LogP contribution in [0.5, 0.6) is 0 Å². The molecular formula is C16H19ClN2O3S. The molecule has 1 atom stereocenters. The van der Waals surface area contributed by atoms with Crippen molar-refractivity contribution in [1.29, 1.82) is 0 Å². The van der Waals surface area contributed by atoms with E-state index in [1.165, 1.54) is 6.07 Å². The van der Waals surface area contributed by atoms with E-state index in [9.17, 15) is 8.42 Å². The highest BCUT2D eigenvalue weighted by Crippen LogP contribution is 2.26. The Morgan fingerprint density at radius 2 is 1.91 bits per heavy atom. The molecule has 5 nitrogen and oxygen atoms in total. The third-order valence-electron chi connectivity index (χ3n) is 4.05. The molecule has 0 amide bonds. The van der Waals surface area contributed by atoms with Gasteiger partial charge in [0.2, 0.25) is 10.0 Å². The maximum Gasteiger partial charge on any atom is 0.242 e. The van der Waals surface area contributed by atoms with Gasteiger partial charge in [-0.3, -0.25) is 4.90 Å². The van der Waals surface area contributed by atoms with Gasteiger partial charge in [-0.15, -0.1) is 0 Å². The number of furan rings is 1. The van der Waals surface area contributed by atoms with E-state index in [2.05, 4.69) is 9.62 Å². The van der Waals surface area contributed by atoms with Gasteiger partial charge in [0.15, 0.2) is 0 Å². The Bertz CT molecular complexity index is 740. The second kappa shape index (κ2) is 7.05. The fraction of sp³-hybridized carbons (Fsp3) is 0.375. The Balaban J connectivity index is 1.77. The lowest BCUT2D eigenvalue weighted by atomic mass is 10.2. The van der Waals surface area contributed by atoms with Crippen molar-refractivity contribution in [3.05, 3.63) is 53.4 Å². The second-order valence-electron chi connectivity index (χ2n) is 5.56. The van der Waals surface area contributed by atoms with Crippen molar-refractivity contribution in [2.24, 2.45) is 0 Å². The minimum Gasteiger partial charge on any atom is -0.468 e. The van der Waals surface area contributed by atoms with Crippen LogP contribution >= 0.6 is 11.6 Å². The number of likely N-dealkylation sites (tertiary alicyclic amines) is 1. The number of hydrogen-bond acceptors (Lipinski definition) is 4. The molecule has 1 saturated heterocycles. The summed E-state index contributed by atoms with van der Waals surface area (Å²) >= 11 is 6.00. The first-order valence-corrected chi connectivity index (χ1v) is 9.46. The number of sulfonamides is 1. The zero-order valence-corrected chi connectivity index (χ0v) is 14.2. The van der Waals surface area contributed by atoms with Crippen molar-refractivity contribution in [1.82, 2.24) is 9.62 Å². The van der Waals surface area contributed by atoms with E-state index in [0.29, 0.717) is 0 Å². The van der Waals surface area contributed by atoms with Crippen molar-refractivity contribution in [3.8, 4) is 0 Å². The van der Waals surface area contributed by atoms with E-state index in [1.807, 2.05) is 12.1 Å². The average molecular weight is 355 g/mol. The third kappa shape index (κ3) is 3.77. The van der Waals surface area contributed by atoms with Gasteiger partial charge in [0.1, 0.15) is 10.7 Å². The third-order valence-corrected chi connectivity index (χ3v) is 5.97. The van der Waals surface area contributed by atoms with Crippen molar-refractivity contribution >= 4 is 21.6 Å². The number of benzene rings is 1. The lowest BCUT2D eigenvalue weighted by Gasteiger charge is -2.26. The predicted molar refractivity (Wildman–Crippen MR) is 88.9 cm³/mol. The van der Waals surface area contributed by atoms with Crippen LogP contribution in [0.25, 0.3) is 0 Å². The summed E-state index contributed by atoms with van der Waals surface area (Å²) in [6.07, 6.45) is 3.85. The van der Waals surface area contributed by atoms with Gasteiger partial charge in [-0.05, 0) is 50.2 Å². The maximum absolute atomic E-state index is 12.5. The molecule has 7 heteroatoms. The quantitative estimate of drug-likeness (QED) is 0.866. The lowest BCUT2D eigenvalue weighted by Crippen LogP contribution is -2.36. The zero-order valence-electron chi connectivity index (χ0n) is 12.6. The van der Waals surface area contributed by atoms with Crippen molar-refractivity contribution in [2.45, 2.75) is 23.8 Å². The van der Waals surface area contributed by atoms with Gasteiger partial charge in [-0.25, -0.2) is 13.1 Å². The molecule has 2 heterocycles. The first-order valence-electron chi connectivity index (χ1n) is 7.59. The van der Waals surface area contributed by atoms with Crippen LogP contribution in [0.2, 0.25) is 5.02 Å². The zero-order chi connectivity index (χ0) is 16.3. The number of nitrogens with one attached hydrogen (secondary N) is 1. The number of nitrogens with zero attached hydrogens (tertiary/aromatic N) is 1. The summed E-state index contributed by atoms with van der Waals surface area (Å²) in [4.78, 5) is 2.34. The monoisotopic (exact) mass is 354 g/mol. The van der Waals surface area contributed by atoms with Gasteiger partial charge >= 0.3 is 0 Å². The number of halogens is 1. The molecule has 0 aliphatic carbocycles. The predicted octanol–water partition coefficient (Wildman–Crippen LogP) is 3.05. The van der Waals surface area contributed by atoms with E-state index in [4.69, 9.17) is 16.0 Å². The highest BCUT2D eigenvalue weighted by Gasteiger charge is 2.27. The van der Waals surface area contributed by atoms with Gasteiger partial charge in [0.25, 0.3) is 0 Å². The number of rotatable bonds is 6. The first kappa shape index (κ1) is 16.5. The normalized spacial score (nSPS) is 17.4. The molecule has 1 aliphatic rings. The SMILES string of the molecule is O=S(=O)(NCC(c1ccco1)N1CCCC1)c1ccccc1Cl. The topological polar surface area (TPSA) is 62.6 Å². The molecule has 3 rings (SSSR count). The van der Waals surface area contributed by atoms with Gasteiger partial charge < -0.3 is 4.42 Å². The van der Waals surface area contributed by atoms with Crippen LogP contribution in [0, 0.1) is 0 Å². The van der Waals surface area contributed by atoms with E-state index < -0.39 is 10.0 Å². The van der Waals surface area contributed by atoms with Crippen molar-refractivity contribution < 1.29 is 12.8 Å². The fourth-order valence-electron chi connectivity index (χ4n) is 2.87. The van der Waals surface area contributed by atoms with E-state index >= 15 is 0 Å². The largest absolute Gasteiger partial charge is 0.468 e. The molecule has 1 aromatic heterocycles. The molecule has 2 aromatic rings. The summed E-state index contributed by atoms with van der Waals surface area (Å²) in [7, 11) is -3.66. The summed E-state index contributed by atoms with van der Waals surface area (Å²) in [6, 6.07) is 10.0. The van der Waals surface area contributed by atoms with Gasteiger partial charge in [-0.1, -0.05) is 23.7 Å². The summed E-state index contributed by atoms with van der Waals surface area (Å²) in [5.41, 5.74) is 0. The Labute approximate surface area is 141 Å². The molecule has 1 unspecified atom stereocenters. The van der Waals surface area contributed by atoms with Crippen LogP contribution < -0.4 is 4.72 Å². The second-order valence-corrected chi connectivity index (χ2v) is 7.70. The summed E-state index contributed by atoms with van der Waals surface area (Å²) in [5.74, 6) is 0.772. The smallest absolute Gasteiger partial charge is 0.242 e. The molecule has 1 fully saturated rings. The average Bonchev–Trinajstić information content (AvgIpc) is 3.21. The van der Waals surface area contributed by atoms with Crippen LogP contribution in [0.4, 0.5) is 0 Å². The Hall–Kier alpha value is -1.34. The minimum absolute atomic E-state index is 0.0984. The molecule has 1 N–H and O–H groups in total. The maximum atomic E-state index is 12.5. The summed E-state index contributed by atoms with van der Waals surface area (Å²) < 4.78 is 33.2. The van der Waals surface area contributed by atoms with Crippen LogP contribution in [-0.4, -0.2) is 33.0 Å². The summed E-state index contributed by atoms with van der Waals surface area (Å²) in [6.45, 7) is 2.14. The molecule has 0 spiro atoms.